The summed E-state index contributed by atoms with van der Waals surface area (Å²) in [7, 11) is 3.72. The minimum Gasteiger partial charge on any atom is -0.380 e. The summed E-state index contributed by atoms with van der Waals surface area (Å²) in [4.78, 5) is 0. The number of hydrogen-bond donors (Lipinski definition) is 1. The number of methoxy groups -OCH3 is 1. The Balaban J connectivity index is 2.00. The van der Waals surface area contributed by atoms with Crippen LogP contribution in [0.25, 0.3) is 0 Å². The van der Waals surface area contributed by atoms with Crippen LogP contribution in [0.5, 0.6) is 0 Å². The molecule has 0 radical (unpaired) electrons. The third-order valence-electron chi connectivity index (χ3n) is 4.06. The van der Waals surface area contributed by atoms with Crippen molar-refractivity contribution in [1.82, 2.24) is 9.88 Å². The van der Waals surface area contributed by atoms with Crippen LogP contribution in [-0.4, -0.2) is 23.8 Å². The number of nitrogens with one attached hydrogen (secondary N) is 1. The lowest BCUT2D eigenvalue weighted by Gasteiger charge is -2.19. The van der Waals surface area contributed by atoms with Crippen LogP contribution in [0.2, 0.25) is 0 Å². The van der Waals surface area contributed by atoms with E-state index in [0.29, 0.717) is 12.1 Å². The fourth-order valence-electron chi connectivity index (χ4n) is 2.73. The van der Waals surface area contributed by atoms with Gasteiger partial charge in [-0.1, -0.05) is 0 Å². The van der Waals surface area contributed by atoms with Gasteiger partial charge >= 0.3 is 0 Å². The number of hydrogen-bond acceptors (Lipinski definition) is 3. The first-order chi connectivity index (χ1) is 8.67. The molecule has 2 unspecified atom stereocenters. The Morgan fingerprint density at radius 1 is 1.56 bits per heavy atom. The van der Waals surface area contributed by atoms with E-state index in [1.807, 2.05) is 17.7 Å². The summed E-state index contributed by atoms with van der Waals surface area (Å²) < 4.78 is 7.42. The van der Waals surface area contributed by atoms with Crippen LogP contribution < -0.4 is 5.32 Å². The molecule has 1 aromatic heterocycles. The van der Waals surface area contributed by atoms with Crippen molar-refractivity contribution in [1.29, 1.82) is 5.26 Å². The van der Waals surface area contributed by atoms with E-state index in [4.69, 9.17) is 10.00 Å². The Labute approximate surface area is 109 Å². The first-order valence-corrected chi connectivity index (χ1v) is 6.48. The molecule has 0 spiro atoms. The number of nitrogens with zero attached hydrogens (tertiary/aromatic N) is 2. The SMILES string of the molecule is COC1CCCC1NCc1cc(C#N)n(C)c1C. The molecule has 0 saturated heterocycles. The Hall–Kier alpha value is -1.31. The molecule has 0 aliphatic heterocycles. The maximum Gasteiger partial charge on any atom is 0.120 e. The number of ether oxygens (including phenoxy) is 1. The minimum atomic E-state index is 0.337. The van der Waals surface area contributed by atoms with Gasteiger partial charge < -0.3 is 14.6 Å². The molecule has 18 heavy (non-hydrogen) atoms. The lowest BCUT2D eigenvalue weighted by molar-refractivity contribution is 0.0847. The third kappa shape index (κ3) is 2.43. The van der Waals surface area contributed by atoms with Crippen molar-refractivity contribution in [2.45, 2.75) is 44.9 Å². The zero-order chi connectivity index (χ0) is 13.1. The molecule has 2 rings (SSSR count). The summed E-state index contributed by atoms with van der Waals surface area (Å²) in [5, 5.41) is 12.6. The van der Waals surface area contributed by atoms with E-state index in [1.165, 1.54) is 18.4 Å². The monoisotopic (exact) mass is 247 g/mol. The van der Waals surface area contributed by atoms with Crippen LogP contribution >= 0.6 is 0 Å². The molecule has 0 aromatic carbocycles. The summed E-state index contributed by atoms with van der Waals surface area (Å²) >= 11 is 0. The molecule has 4 heteroatoms. The van der Waals surface area contributed by atoms with Crippen LogP contribution in [0, 0.1) is 18.3 Å². The molecule has 4 nitrogen and oxygen atoms in total. The van der Waals surface area contributed by atoms with Crippen molar-refractivity contribution in [3.63, 3.8) is 0 Å². The van der Waals surface area contributed by atoms with Gasteiger partial charge in [0.15, 0.2) is 0 Å². The lowest BCUT2D eigenvalue weighted by Crippen LogP contribution is -2.36. The van der Waals surface area contributed by atoms with Gasteiger partial charge in [-0.25, -0.2) is 0 Å². The quantitative estimate of drug-likeness (QED) is 0.883. The van der Waals surface area contributed by atoms with E-state index in [1.54, 1.807) is 7.11 Å². The summed E-state index contributed by atoms with van der Waals surface area (Å²) in [5.74, 6) is 0. The fourth-order valence-corrected chi connectivity index (χ4v) is 2.73. The summed E-state index contributed by atoms with van der Waals surface area (Å²) in [6.07, 6.45) is 3.89. The van der Waals surface area contributed by atoms with Gasteiger partial charge in [0.1, 0.15) is 11.8 Å². The molecule has 1 N–H and O–H groups in total. The van der Waals surface area contributed by atoms with Gasteiger partial charge in [0.05, 0.1) is 6.10 Å². The molecule has 0 amide bonds. The van der Waals surface area contributed by atoms with Gasteiger partial charge in [-0.2, -0.15) is 5.26 Å². The smallest absolute Gasteiger partial charge is 0.120 e. The lowest BCUT2D eigenvalue weighted by atomic mass is 10.2. The normalized spacial score (nSPS) is 23.2. The fraction of sp³-hybridized carbons (Fsp3) is 0.643. The molecule has 98 valence electrons. The highest BCUT2D eigenvalue weighted by molar-refractivity contribution is 5.34. The standard InChI is InChI=1S/C14H21N3O/c1-10-11(7-12(8-15)17(10)2)9-16-13-5-4-6-14(13)18-3/h7,13-14,16H,4-6,9H2,1-3H3. The summed E-state index contributed by atoms with van der Waals surface area (Å²) in [6, 6.07) is 4.63. The van der Waals surface area contributed by atoms with E-state index in [0.717, 1.165) is 24.4 Å². The van der Waals surface area contributed by atoms with Crippen molar-refractivity contribution in [2.24, 2.45) is 7.05 Å². The van der Waals surface area contributed by atoms with Crippen LogP contribution in [-0.2, 0) is 18.3 Å². The third-order valence-corrected chi connectivity index (χ3v) is 4.06. The predicted octanol–water partition coefficient (Wildman–Crippen LogP) is 1.86. The Bertz CT molecular complexity index is 458. The highest BCUT2D eigenvalue weighted by Crippen LogP contribution is 2.22. The topological polar surface area (TPSA) is 50.0 Å². The molecule has 2 atom stereocenters. The summed E-state index contributed by atoms with van der Waals surface area (Å²) in [6.45, 7) is 2.87. The van der Waals surface area contributed by atoms with E-state index >= 15 is 0 Å². The van der Waals surface area contributed by atoms with E-state index in [9.17, 15) is 0 Å². The van der Waals surface area contributed by atoms with E-state index in [2.05, 4.69) is 18.3 Å². The van der Waals surface area contributed by atoms with Crippen LogP contribution in [0.1, 0.15) is 36.2 Å². The average Bonchev–Trinajstić information content (AvgIpc) is 2.94. The van der Waals surface area contributed by atoms with Crippen LogP contribution in [0.3, 0.4) is 0 Å². The Kier molecular flexibility index (Phi) is 4.05. The molecule has 1 aromatic rings. The Morgan fingerprint density at radius 3 is 2.94 bits per heavy atom. The zero-order valence-electron chi connectivity index (χ0n) is 11.4. The second-order valence-corrected chi connectivity index (χ2v) is 5.00. The van der Waals surface area contributed by atoms with E-state index < -0.39 is 0 Å². The van der Waals surface area contributed by atoms with Gasteiger partial charge in [-0.15, -0.1) is 0 Å². The van der Waals surface area contributed by atoms with Gasteiger partial charge in [0.25, 0.3) is 0 Å². The highest BCUT2D eigenvalue weighted by Gasteiger charge is 2.26. The van der Waals surface area contributed by atoms with Gasteiger partial charge in [-0.3, -0.25) is 0 Å². The maximum absolute atomic E-state index is 9.00. The first-order valence-electron chi connectivity index (χ1n) is 6.48. The maximum atomic E-state index is 9.00. The number of nitriles is 1. The van der Waals surface area contributed by atoms with E-state index in [-0.39, 0.29) is 0 Å². The van der Waals surface area contributed by atoms with Crippen molar-refractivity contribution in [3.8, 4) is 6.07 Å². The second-order valence-electron chi connectivity index (χ2n) is 5.00. The van der Waals surface area contributed by atoms with Crippen molar-refractivity contribution < 1.29 is 4.74 Å². The predicted molar refractivity (Wildman–Crippen MR) is 70.1 cm³/mol. The zero-order valence-corrected chi connectivity index (χ0v) is 11.4. The molecular formula is C14H21N3O. The molecule has 1 aliphatic rings. The van der Waals surface area contributed by atoms with Crippen LogP contribution in [0.15, 0.2) is 6.07 Å². The van der Waals surface area contributed by atoms with Crippen molar-refractivity contribution >= 4 is 0 Å². The molecule has 1 saturated carbocycles. The first kappa shape index (κ1) is 13.1. The highest BCUT2D eigenvalue weighted by atomic mass is 16.5. The Morgan fingerprint density at radius 2 is 2.33 bits per heavy atom. The average molecular weight is 247 g/mol. The summed E-state index contributed by atoms with van der Waals surface area (Å²) in [5.41, 5.74) is 3.08. The van der Waals surface area contributed by atoms with Gasteiger partial charge in [0.2, 0.25) is 0 Å². The molecular weight excluding hydrogens is 226 g/mol. The minimum absolute atomic E-state index is 0.337. The molecule has 1 aliphatic carbocycles. The molecule has 1 heterocycles. The largest absolute Gasteiger partial charge is 0.380 e. The van der Waals surface area contributed by atoms with Gasteiger partial charge in [-0.05, 0) is 37.8 Å². The van der Waals surface area contributed by atoms with Crippen molar-refractivity contribution in [3.05, 3.63) is 23.0 Å². The van der Waals surface area contributed by atoms with Crippen molar-refractivity contribution in [2.75, 3.05) is 7.11 Å². The molecule has 0 bridgehead atoms. The van der Waals surface area contributed by atoms with Gasteiger partial charge in [0, 0.05) is 32.4 Å². The number of rotatable bonds is 4. The second kappa shape index (κ2) is 5.55. The molecule has 1 fully saturated rings. The number of aromatic nitrogens is 1. The van der Waals surface area contributed by atoms with Crippen LogP contribution in [0.4, 0.5) is 0 Å².